The quantitative estimate of drug-likeness (QED) is 0.844. The molecule has 5 nitrogen and oxygen atoms in total. The highest BCUT2D eigenvalue weighted by atomic mass is 35.5. The molecule has 6 heteroatoms. The molecule has 0 fully saturated rings. The zero-order valence-electron chi connectivity index (χ0n) is 10.5. The Kier molecular flexibility index (Phi) is 4.16. The van der Waals surface area contributed by atoms with Gasteiger partial charge in [-0.1, -0.05) is 11.6 Å². The van der Waals surface area contributed by atoms with Crippen molar-refractivity contribution in [3.05, 3.63) is 16.9 Å². The van der Waals surface area contributed by atoms with E-state index in [4.69, 9.17) is 11.6 Å². The van der Waals surface area contributed by atoms with Crippen LogP contribution in [0.15, 0.2) is 6.20 Å². The third-order valence-corrected chi connectivity index (χ3v) is 2.96. The van der Waals surface area contributed by atoms with Gasteiger partial charge in [-0.2, -0.15) is 5.10 Å². The second kappa shape index (κ2) is 5.06. The molecule has 0 spiro atoms. The predicted molar refractivity (Wildman–Crippen MR) is 66.3 cm³/mol. The van der Waals surface area contributed by atoms with Gasteiger partial charge in [0.25, 0.3) is 0 Å². The molecule has 0 radical (unpaired) electrons. The van der Waals surface area contributed by atoms with Crippen LogP contribution < -0.4 is 5.32 Å². The van der Waals surface area contributed by atoms with Crippen LogP contribution in [0.2, 0.25) is 5.02 Å². The maximum Gasteiger partial charge on any atom is 0.325 e. The number of rotatable bonds is 5. The lowest BCUT2D eigenvalue weighted by Crippen LogP contribution is -2.55. The number of halogens is 1. The molecule has 1 aromatic rings. The Balaban J connectivity index is 2.95. The smallest absolute Gasteiger partial charge is 0.325 e. The van der Waals surface area contributed by atoms with Crippen molar-refractivity contribution in [3.8, 4) is 0 Å². The van der Waals surface area contributed by atoms with Gasteiger partial charge in [0, 0.05) is 6.04 Å². The van der Waals surface area contributed by atoms with Crippen molar-refractivity contribution in [3.63, 3.8) is 0 Å². The van der Waals surface area contributed by atoms with E-state index in [1.807, 2.05) is 20.8 Å². The van der Waals surface area contributed by atoms with E-state index in [0.717, 1.165) is 5.69 Å². The summed E-state index contributed by atoms with van der Waals surface area (Å²) in [5.41, 5.74) is -0.293. The summed E-state index contributed by atoms with van der Waals surface area (Å²) < 4.78 is 1.60. The molecular weight excluding hydrogens is 242 g/mol. The Morgan fingerprint density at radius 1 is 1.71 bits per heavy atom. The maximum atomic E-state index is 11.3. The summed E-state index contributed by atoms with van der Waals surface area (Å²) in [4.78, 5) is 11.3. The number of nitrogens with one attached hydrogen (secondary N) is 1. The molecule has 1 heterocycles. The van der Waals surface area contributed by atoms with Crippen LogP contribution in [0, 0.1) is 6.92 Å². The predicted octanol–water partition coefficient (Wildman–Crippen LogP) is 1.69. The van der Waals surface area contributed by atoms with Gasteiger partial charge in [-0.15, -0.1) is 0 Å². The number of carbonyl (C=O) groups is 1. The molecule has 0 amide bonds. The van der Waals surface area contributed by atoms with E-state index in [2.05, 4.69) is 10.4 Å². The Morgan fingerprint density at radius 3 is 2.65 bits per heavy atom. The first-order chi connectivity index (χ1) is 7.76. The molecule has 0 aromatic carbocycles. The molecule has 1 unspecified atom stereocenters. The highest BCUT2D eigenvalue weighted by Gasteiger charge is 2.34. The summed E-state index contributed by atoms with van der Waals surface area (Å²) in [6.45, 7) is 7.50. The van der Waals surface area contributed by atoms with Crippen molar-refractivity contribution in [2.45, 2.75) is 45.8 Å². The van der Waals surface area contributed by atoms with Crippen LogP contribution in [-0.2, 0) is 11.3 Å². The van der Waals surface area contributed by atoms with Gasteiger partial charge in [0.05, 0.1) is 23.5 Å². The summed E-state index contributed by atoms with van der Waals surface area (Å²) >= 11 is 5.89. The third kappa shape index (κ3) is 3.20. The standard InChI is InChI=1S/C11H18ClN3O2/c1-7(2)14-11(4,10(16)17)6-15-8(3)9(12)5-13-15/h5,7,14H,6H2,1-4H3,(H,16,17). The SMILES string of the molecule is Cc1c(Cl)cnn1CC(C)(NC(C)C)C(=O)O. The number of hydrogen-bond acceptors (Lipinski definition) is 3. The molecule has 1 rings (SSSR count). The van der Waals surface area contributed by atoms with Crippen molar-refractivity contribution in [2.24, 2.45) is 0 Å². The lowest BCUT2D eigenvalue weighted by molar-refractivity contribution is -0.145. The maximum absolute atomic E-state index is 11.3. The van der Waals surface area contributed by atoms with E-state index in [9.17, 15) is 9.90 Å². The Labute approximate surface area is 106 Å². The van der Waals surface area contributed by atoms with Gasteiger partial charge in [0.15, 0.2) is 0 Å². The van der Waals surface area contributed by atoms with Crippen LogP contribution in [0.3, 0.4) is 0 Å². The second-order valence-corrected chi connectivity index (χ2v) is 5.08. The average Bonchev–Trinajstić information content (AvgIpc) is 2.48. The van der Waals surface area contributed by atoms with E-state index in [-0.39, 0.29) is 12.6 Å². The first-order valence-electron chi connectivity index (χ1n) is 5.45. The van der Waals surface area contributed by atoms with Gasteiger partial charge >= 0.3 is 5.97 Å². The third-order valence-electron chi connectivity index (χ3n) is 2.59. The summed E-state index contributed by atoms with van der Waals surface area (Å²) in [6.07, 6.45) is 1.52. The number of carboxylic acids is 1. The summed E-state index contributed by atoms with van der Waals surface area (Å²) in [7, 11) is 0. The summed E-state index contributed by atoms with van der Waals surface area (Å²) in [6, 6.07) is 0.0717. The van der Waals surface area contributed by atoms with Crippen LogP contribution in [0.25, 0.3) is 0 Å². The Bertz CT molecular complexity index is 417. The Morgan fingerprint density at radius 2 is 2.29 bits per heavy atom. The number of carboxylic acid groups (broad SMARTS) is 1. The van der Waals surface area contributed by atoms with E-state index in [0.29, 0.717) is 5.02 Å². The van der Waals surface area contributed by atoms with Crippen LogP contribution >= 0.6 is 11.6 Å². The molecule has 0 aliphatic carbocycles. The molecule has 0 saturated carbocycles. The molecule has 1 aromatic heterocycles. The molecule has 17 heavy (non-hydrogen) atoms. The highest BCUT2D eigenvalue weighted by molar-refractivity contribution is 6.31. The van der Waals surface area contributed by atoms with Gasteiger partial charge in [0.2, 0.25) is 0 Å². The molecular formula is C11H18ClN3O2. The van der Waals surface area contributed by atoms with Gasteiger partial charge in [-0.25, -0.2) is 0 Å². The number of aromatic nitrogens is 2. The minimum atomic E-state index is -1.06. The first-order valence-corrected chi connectivity index (χ1v) is 5.83. The zero-order chi connectivity index (χ0) is 13.2. The van der Waals surface area contributed by atoms with Crippen LogP contribution in [0.4, 0.5) is 0 Å². The van der Waals surface area contributed by atoms with Crippen LogP contribution in [-0.4, -0.2) is 32.4 Å². The normalized spacial score (nSPS) is 14.9. The van der Waals surface area contributed by atoms with Crippen molar-refractivity contribution in [2.75, 3.05) is 0 Å². The zero-order valence-corrected chi connectivity index (χ0v) is 11.2. The van der Waals surface area contributed by atoms with Gasteiger partial charge < -0.3 is 5.11 Å². The minimum absolute atomic E-state index is 0.0717. The molecule has 1 atom stereocenters. The minimum Gasteiger partial charge on any atom is -0.480 e. The molecule has 96 valence electrons. The molecule has 0 aliphatic heterocycles. The topological polar surface area (TPSA) is 67.2 Å². The first kappa shape index (κ1) is 14.0. The van der Waals surface area contributed by atoms with Crippen LogP contribution in [0.5, 0.6) is 0 Å². The van der Waals surface area contributed by atoms with Gasteiger partial charge in [0.1, 0.15) is 5.54 Å². The van der Waals surface area contributed by atoms with Gasteiger partial charge in [-0.05, 0) is 27.7 Å². The molecule has 0 aliphatic rings. The van der Waals surface area contributed by atoms with E-state index in [1.165, 1.54) is 6.20 Å². The number of nitrogens with zero attached hydrogens (tertiary/aromatic N) is 2. The van der Waals surface area contributed by atoms with Crippen molar-refractivity contribution >= 4 is 17.6 Å². The van der Waals surface area contributed by atoms with E-state index < -0.39 is 11.5 Å². The largest absolute Gasteiger partial charge is 0.480 e. The summed E-state index contributed by atoms with van der Waals surface area (Å²) in [5.74, 6) is -0.905. The highest BCUT2D eigenvalue weighted by Crippen LogP contribution is 2.17. The number of aliphatic carboxylic acids is 1. The van der Waals surface area contributed by atoms with Crippen molar-refractivity contribution in [1.82, 2.24) is 15.1 Å². The van der Waals surface area contributed by atoms with Crippen LogP contribution in [0.1, 0.15) is 26.5 Å². The monoisotopic (exact) mass is 259 g/mol. The molecule has 0 saturated heterocycles. The lowest BCUT2D eigenvalue weighted by atomic mass is 10.0. The van der Waals surface area contributed by atoms with E-state index in [1.54, 1.807) is 11.6 Å². The van der Waals surface area contributed by atoms with E-state index >= 15 is 0 Å². The van der Waals surface area contributed by atoms with Crippen molar-refractivity contribution < 1.29 is 9.90 Å². The average molecular weight is 260 g/mol. The fraction of sp³-hybridized carbons (Fsp3) is 0.636. The fourth-order valence-electron chi connectivity index (χ4n) is 1.69. The summed E-state index contributed by atoms with van der Waals surface area (Å²) in [5, 5.41) is 17.0. The van der Waals surface area contributed by atoms with Crippen molar-refractivity contribution in [1.29, 1.82) is 0 Å². The molecule has 2 N–H and O–H groups in total. The Hall–Kier alpha value is -1.07. The van der Waals surface area contributed by atoms with Gasteiger partial charge in [-0.3, -0.25) is 14.8 Å². The lowest BCUT2D eigenvalue weighted by Gasteiger charge is -2.29. The fourth-order valence-corrected chi connectivity index (χ4v) is 1.84. The molecule has 0 bridgehead atoms. The number of hydrogen-bond donors (Lipinski definition) is 2. The second-order valence-electron chi connectivity index (χ2n) is 4.67.